The van der Waals surface area contributed by atoms with Gasteiger partial charge >= 0.3 is 0 Å². The molecular weight excluding hydrogens is 346 g/mol. The van der Waals surface area contributed by atoms with E-state index in [0.29, 0.717) is 0 Å². The third kappa shape index (κ3) is 2.74. The van der Waals surface area contributed by atoms with Gasteiger partial charge in [-0.3, -0.25) is 4.90 Å². The Bertz CT molecular complexity index is 880. The quantitative estimate of drug-likeness (QED) is 0.538. The Morgan fingerprint density at radius 2 is 1.33 bits per heavy atom. The fraction of sp³-hybridized carbons (Fsp3) is 0.280. The van der Waals surface area contributed by atoms with Crippen molar-refractivity contribution in [2.45, 2.75) is 35.4 Å². The number of hydrogen-bond donors (Lipinski definition) is 0. The van der Waals surface area contributed by atoms with Crippen LogP contribution in [0, 0.1) is 0 Å². The summed E-state index contributed by atoms with van der Waals surface area (Å²) in [5.74, 6) is 1.04. The average Bonchev–Trinajstić information content (AvgIpc) is 2.90. The summed E-state index contributed by atoms with van der Waals surface area (Å²) in [5, 5.41) is 0. The normalized spacial score (nSPS) is 22.5. The highest BCUT2D eigenvalue weighted by Crippen LogP contribution is 2.50. The largest absolute Gasteiger partial charge is 0.286 e. The number of likely N-dealkylation sites (tertiary alicyclic amines) is 1. The minimum atomic E-state index is -0.196. The van der Waals surface area contributed by atoms with Crippen molar-refractivity contribution < 1.29 is 0 Å². The summed E-state index contributed by atoms with van der Waals surface area (Å²) in [7, 11) is 0. The maximum absolute atomic E-state index is 2.76. The molecule has 1 fully saturated rings. The van der Waals surface area contributed by atoms with Gasteiger partial charge < -0.3 is 0 Å². The minimum Gasteiger partial charge on any atom is -0.286 e. The molecule has 0 aliphatic carbocycles. The second-order valence-corrected chi connectivity index (χ2v) is 8.58. The lowest BCUT2D eigenvalue weighted by molar-refractivity contribution is 0.125. The topological polar surface area (TPSA) is 3.24 Å². The van der Waals surface area contributed by atoms with Gasteiger partial charge in [-0.25, -0.2) is 0 Å². The molecule has 1 unspecified atom stereocenters. The van der Waals surface area contributed by atoms with Gasteiger partial charge in [0.25, 0.3) is 0 Å². The molecular formula is C25H25NS. The first-order valence-corrected chi connectivity index (χ1v) is 11.0. The van der Waals surface area contributed by atoms with E-state index in [0.717, 1.165) is 18.8 Å². The van der Waals surface area contributed by atoms with Gasteiger partial charge in [0.2, 0.25) is 0 Å². The van der Waals surface area contributed by atoms with E-state index in [2.05, 4.69) is 83.8 Å². The number of nitrogens with zero attached hydrogens (tertiary/aromatic N) is 1. The minimum absolute atomic E-state index is 0.196. The average molecular weight is 372 g/mol. The van der Waals surface area contributed by atoms with E-state index in [1.54, 1.807) is 0 Å². The lowest BCUT2D eigenvalue weighted by atomic mass is 9.73. The molecule has 3 aromatic carbocycles. The first kappa shape index (κ1) is 17.1. The van der Waals surface area contributed by atoms with Crippen LogP contribution in [-0.2, 0) is 11.3 Å². The molecule has 0 amide bonds. The summed E-state index contributed by atoms with van der Waals surface area (Å²) in [5.41, 5.74) is 5.59. The number of hydrogen-bond acceptors (Lipinski definition) is 2. The summed E-state index contributed by atoms with van der Waals surface area (Å²) in [6.07, 6.45) is 3.91. The summed E-state index contributed by atoms with van der Waals surface area (Å²) >= 11 is 1.99. The summed E-state index contributed by atoms with van der Waals surface area (Å²) < 4.78 is 0. The number of rotatable bonds is 2. The molecule has 1 nitrogen and oxygen atoms in total. The summed E-state index contributed by atoms with van der Waals surface area (Å²) in [6, 6.07) is 29.4. The van der Waals surface area contributed by atoms with E-state index in [1.807, 2.05) is 11.8 Å². The number of thioether (sulfide) groups is 1. The van der Waals surface area contributed by atoms with Gasteiger partial charge in [-0.1, -0.05) is 79.2 Å². The Kier molecular flexibility index (Phi) is 4.55. The molecule has 0 bridgehead atoms. The SMILES string of the molecule is c1ccc(C2(N3CCCCC3)c3ccccc3CSc3ccccc32)cc1. The monoisotopic (exact) mass is 371 g/mol. The standard InChI is InChI=1S/C25H25NS/c1-3-12-21(13-4-1)25(26-17-9-2-10-18-26)22-14-6-5-11-20(22)19-27-24-16-8-7-15-23(24)25/h1,3-8,11-16H,2,9-10,17-19H2. The van der Waals surface area contributed by atoms with E-state index in [-0.39, 0.29) is 5.54 Å². The molecule has 3 aromatic rings. The van der Waals surface area contributed by atoms with Crippen molar-refractivity contribution in [3.8, 4) is 0 Å². The van der Waals surface area contributed by atoms with Crippen molar-refractivity contribution in [2.75, 3.05) is 13.1 Å². The van der Waals surface area contributed by atoms with Crippen molar-refractivity contribution in [1.82, 2.24) is 4.90 Å². The molecule has 2 heterocycles. The van der Waals surface area contributed by atoms with E-state index < -0.39 is 0 Å². The van der Waals surface area contributed by atoms with Crippen LogP contribution in [0.3, 0.4) is 0 Å². The smallest absolute Gasteiger partial charge is 0.0986 e. The molecule has 0 saturated carbocycles. The van der Waals surface area contributed by atoms with Crippen LogP contribution in [0.2, 0.25) is 0 Å². The van der Waals surface area contributed by atoms with Gasteiger partial charge in [-0.05, 0) is 54.3 Å². The van der Waals surface area contributed by atoms with Crippen molar-refractivity contribution in [1.29, 1.82) is 0 Å². The van der Waals surface area contributed by atoms with E-state index in [9.17, 15) is 0 Å². The third-order valence-corrected chi connectivity index (χ3v) is 7.21. The van der Waals surface area contributed by atoms with Gasteiger partial charge in [0.05, 0.1) is 5.54 Å². The highest BCUT2D eigenvalue weighted by atomic mass is 32.2. The Morgan fingerprint density at radius 1 is 0.667 bits per heavy atom. The molecule has 0 spiro atoms. The van der Waals surface area contributed by atoms with Crippen molar-refractivity contribution in [3.63, 3.8) is 0 Å². The predicted molar refractivity (Wildman–Crippen MR) is 114 cm³/mol. The predicted octanol–water partition coefficient (Wildman–Crippen LogP) is 6.07. The molecule has 27 heavy (non-hydrogen) atoms. The van der Waals surface area contributed by atoms with Crippen LogP contribution >= 0.6 is 11.8 Å². The molecule has 0 aromatic heterocycles. The van der Waals surface area contributed by atoms with Crippen molar-refractivity contribution in [3.05, 3.63) is 101 Å². The lowest BCUT2D eigenvalue weighted by Gasteiger charge is -2.48. The fourth-order valence-electron chi connectivity index (χ4n) is 4.93. The van der Waals surface area contributed by atoms with Crippen LogP contribution in [0.4, 0.5) is 0 Å². The third-order valence-electron chi connectivity index (χ3n) is 6.09. The molecule has 5 rings (SSSR count). The molecule has 1 saturated heterocycles. The number of piperidine rings is 1. The second kappa shape index (κ2) is 7.18. The van der Waals surface area contributed by atoms with Gasteiger partial charge in [0.1, 0.15) is 0 Å². The fourth-order valence-corrected chi connectivity index (χ4v) is 6.04. The Hall–Kier alpha value is -2.03. The summed E-state index contributed by atoms with van der Waals surface area (Å²) in [6.45, 7) is 2.31. The Labute approximate surface area is 166 Å². The number of benzene rings is 3. The maximum atomic E-state index is 2.76. The molecule has 0 N–H and O–H groups in total. The Morgan fingerprint density at radius 3 is 2.15 bits per heavy atom. The zero-order valence-electron chi connectivity index (χ0n) is 15.6. The van der Waals surface area contributed by atoms with Crippen molar-refractivity contribution in [2.24, 2.45) is 0 Å². The highest BCUT2D eigenvalue weighted by molar-refractivity contribution is 7.98. The first-order chi connectivity index (χ1) is 13.4. The molecule has 2 aliphatic rings. The molecule has 0 radical (unpaired) electrons. The van der Waals surface area contributed by atoms with Gasteiger partial charge in [-0.15, -0.1) is 11.8 Å². The van der Waals surface area contributed by atoms with Gasteiger partial charge in [-0.2, -0.15) is 0 Å². The van der Waals surface area contributed by atoms with E-state index in [1.165, 1.54) is 46.4 Å². The molecule has 136 valence electrons. The molecule has 1 atom stereocenters. The van der Waals surface area contributed by atoms with Crippen LogP contribution in [0.15, 0.2) is 83.8 Å². The zero-order chi connectivity index (χ0) is 18.1. The van der Waals surface area contributed by atoms with Crippen LogP contribution in [0.1, 0.15) is 41.5 Å². The molecule has 2 aliphatic heterocycles. The number of fused-ring (bicyclic) bond motifs is 2. The van der Waals surface area contributed by atoms with Gasteiger partial charge in [0, 0.05) is 10.6 Å². The highest BCUT2D eigenvalue weighted by Gasteiger charge is 2.45. The Balaban J connectivity index is 1.88. The summed E-state index contributed by atoms with van der Waals surface area (Å²) in [4.78, 5) is 4.18. The van der Waals surface area contributed by atoms with Crippen LogP contribution in [-0.4, -0.2) is 18.0 Å². The molecule has 2 heteroatoms. The van der Waals surface area contributed by atoms with Crippen LogP contribution in [0.25, 0.3) is 0 Å². The van der Waals surface area contributed by atoms with Crippen molar-refractivity contribution >= 4 is 11.8 Å². The van der Waals surface area contributed by atoms with Crippen LogP contribution < -0.4 is 0 Å². The van der Waals surface area contributed by atoms with E-state index in [4.69, 9.17) is 0 Å². The zero-order valence-corrected chi connectivity index (χ0v) is 16.4. The van der Waals surface area contributed by atoms with Gasteiger partial charge in [0.15, 0.2) is 0 Å². The second-order valence-electron chi connectivity index (χ2n) is 7.57. The van der Waals surface area contributed by atoms with E-state index >= 15 is 0 Å². The maximum Gasteiger partial charge on any atom is 0.0986 e. The lowest BCUT2D eigenvalue weighted by Crippen LogP contribution is -2.50. The van der Waals surface area contributed by atoms with Crippen LogP contribution in [0.5, 0.6) is 0 Å². The first-order valence-electron chi connectivity index (χ1n) is 10.0.